The van der Waals surface area contributed by atoms with E-state index >= 15 is 0 Å². The third-order valence-corrected chi connectivity index (χ3v) is 5.21. The first-order valence-electron chi connectivity index (χ1n) is 8.92. The second-order valence-electron chi connectivity index (χ2n) is 6.79. The number of rotatable bonds is 3. The van der Waals surface area contributed by atoms with Crippen molar-refractivity contribution < 1.29 is 4.42 Å². The Labute approximate surface area is 150 Å². The third-order valence-electron chi connectivity index (χ3n) is 5.21. The van der Waals surface area contributed by atoms with Gasteiger partial charge in [0, 0.05) is 49.8 Å². The number of H-pyrrole nitrogens is 2. The highest BCUT2D eigenvalue weighted by molar-refractivity contribution is 5.86. The lowest BCUT2D eigenvalue weighted by molar-refractivity contribution is 0.250. The van der Waals surface area contributed by atoms with Gasteiger partial charge < -0.3 is 14.3 Å². The van der Waals surface area contributed by atoms with Crippen LogP contribution in [0.25, 0.3) is 22.0 Å². The van der Waals surface area contributed by atoms with Crippen molar-refractivity contribution in [2.24, 2.45) is 0 Å². The monoisotopic (exact) mass is 348 g/mol. The minimum absolute atomic E-state index is 0.398. The van der Waals surface area contributed by atoms with Gasteiger partial charge in [-0.3, -0.25) is 9.88 Å². The van der Waals surface area contributed by atoms with E-state index in [1.165, 1.54) is 16.5 Å². The Kier molecular flexibility index (Phi) is 3.57. The van der Waals surface area contributed by atoms with E-state index < -0.39 is 5.76 Å². The van der Waals surface area contributed by atoms with E-state index in [4.69, 9.17) is 4.42 Å². The van der Waals surface area contributed by atoms with Crippen LogP contribution >= 0.6 is 0 Å². The molecule has 1 aliphatic rings. The first-order valence-corrected chi connectivity index (χ1v) is 8.92. The highest BCUT2D eigenvalue weighted by atomic mass is 16.4. The molecule has 0 spiro atoms. The van der Waals surface area contributed by atoms with E-state index in [0.717, 1.165) is 43.9 Å². The van der Waals surface area contributed by atoms with Crippen molar-refractivity contribution in [3.05, 3.63) is 64.8 Å². The molecule has 0 unspecified atom stereocenters. The lowest BCUT2D eigenvalue weighted by Gasteiger charge is -2.35. The van der Waals surface area contributed by atoms with Crippen LogP contribution in [0.3, 0.4) is 0 Å². The molecule has 1 fully saturated rings. The number of oxazole rings is 1. The van der Waals surface area contributed by atoms with Gasteiger partial charge in [-0.15, -0.1) is 0 Å². The van der Waals surface area contributed by atoms with Crippen molar-refractivity contribution >= 4 is 27.7 Å². The average Bonchev–Trinajstić information content (AvgIpc) is 3.25. The number of aromatic nitrogens is 2. The summed E-state index contributed by atoms with van der Waals surface area (Å²) < 4.78 is 5.34. The summed E-state index contributed by atoms with van der Waals surface area (Å²) in [6, 6.07) is 14.3. The molecule has 2 N–H and O–H groups in total. The molecule has 0 saturated carbocycles. The molecule has 0 amide bonds. The molecule has 1 saturated heterocycles. The largest absolute Gasteiger partial charge is 0.417 e. The molecule has 1 aliphatic heterocycles. The van der Waals surface area contributed by atoms with Gasteiger partial charge in [-0.1, -0.05) is 24.3 Å². The number of benzene rings is 2. The third kappa shape index (κ3) is 2.59. The maximum absolute atomic E-state index is 11.5. The lowest BCUT2D eigenvalue weighted by Crippen LogP contribution is -2.46. The van der Waals surface area contributed by atoms with Gasteiger partial charge in [0.2, 0.25) is 0 Å². The van der Waals surface area contributed by atoms with Crippen molar-refractivity contribution in [3.8, 4) is 0 Å². The van der Waals surface area contributed by atoms with Crippen LogP contribution < -0.4 is 10.7 Å². The van der Waals surface area contributed by atoms with Crippen molar-refractivity contribution in [3.63, 3.8) is 0 Å². The van der Waals surface area contributed by atoms with Crippen LogP contribution in [-0.4, -0.2) is 41.0 Å². The van der Waals surface area contributed by atoms with Crippen LogP contribution in [0.1, 0.15) is 5.56 Å². The minimum atomic E-state index is -0.398. The molecule has 2 aromatic carbocycles. The zero-order chi connectivity index (χ0) is 17.5. The first kappa shape index (κ1) is 15.3. The smallest absolute Gasteiger partial charge is 0.406 e. The maximum Gasteiger partial charge on any atom is 0.417 e. The number of nitrogens with one attached hydrogen (secondary N) is 2. The Morgan fingerprint density at radius 2 is 1.77 bits per heavy atom. The van der Waals surface area contributed by atoms with E-state index in [9.17, 15) is 4.79 Å². The molecule has 6 nitrogen and oxygen atoms in total. The van der Waals surface area contributed by atoms with Gasteiger partial charge >= 0.3 is 5.76 Å². The van der Waals surface area contributed by atoms with E-state index in [2.05, 4.69) is 50.2 Å². The van der Waals surface area contributed by atoms with Gasteiger partial charge in [-0.05, 0) is 23.8 Å². The van der Waals surface area contributed by atoms with Crippen LogP contribution in [0, 0.1) is 0 Å². The Morgan fingerprint density at radius 1 is 0.962 bits per heavy atom. The number of fused-ring (bicyclic) bond motifs is 2. The Balaban J connectivity index is 1.32. The molecule has 0 aliphatic carbocycles. The second kappa shape index (κ2) is 6.07. The summed E-state index contributed by atoms with van der Waals surface area (Å²) in [6.45, 7) is 4.73. The molecular weight excluding hydrogens is 328 g/mol. The molecule has 2 aromatic heterocycles. The van der Waals surface area contributed by atoms with Crippen LogP contribution in [0.15, 0.2) is 57.9 Å². The summed E-state index contributed by atoms with van der Waals surface area (Å²) >= 11 is 0. The molecular formula is C20H20N4O2. The summed E-state index contributed by atoms with van der Waals surface area (Å²) in [5, 5.41) is 1.30. The molecule has 0 radical (unpaired) electrons. The molecule has 5 rings (SSSR count). The zero-order valence-electron chi connectivity index (χ0n) is 14.4. The highest BCUT2D eigenvalue weighted by Gasteiger charge is 2.21. The molecule has 3 heterocycles. The van der Waals surface area contributed by atoms with Crippen LogP contribution in [0.4, 0.5) is 5.69 Å². The lowest BCUT2D eigenvalue weighted by atomic mass is 10.1. The van der Waals surface area contributed by atoms with Gasteiger partial charge in [-0.2, -0.15) is 0 Å². The van der Waals surface area contributed by atoms with E-state index in [1.54, 1.807) is 0 Å². The number of hydrogen-bond acceptors (Lipinski definition) is 4. The highest BCUT2D eigenvalue weighted by Crippen LogP contribution is 2.26. The maximum atomic E-state index is 11.5. The van der Waals surface area contributed by atoms with E-state index in [-0.39, 0.29) is 0 Å². The summed E-state index contributed by atoms with van der Waals surface area (Å²) in [5.41, 5.74) is 4.94. The molecule has 0 atom stereocenters. The minimum Gasteiger partial charge on any atom is -0.406 e. The zero-order valence-corrected chi connectivity index (χ0v) is 14.4. The number of hydrogen-bond donors (Lipinski definition) is 2. The Morgan fingerprint density at radius 3 is 2.65 bits per heavy atom. The summed E-state index contributed by atoms with van der Waals surface area (Å²) in [7, 11) is 0. The van der Waals surface area contributed by atoms with Crippen molar-refractivity contribution in [1.82, 2.24) is 14.9 Å². The average molecular weight is 348 g/mol. The predicted molar refractivity (Wildman–Crippen MR) is 103 cm³/mol. The number of para-hydroxylation sites is 2. The van der Waals surface area contributed by atoms with Gasteiger partial charge in [0.25, 0.3) is 0 Å². The normalized spacial score (nSPS) is 15.9. The Bertz CT molecular complexity index is 1120. The molecule has 132 valence electrons. The molecule has 6 heteroatoms. The fourth-order valence-corrected chi connectivity index (χ4v) is 3.86. The SMILES string of the molecule is O=c1[nH]c2cccc(N3CCN(Cc4c[nH]c5ccccc45)CC3)c2o1. The van der Waals surface area contributed by atoms with Crippen LogP contribution in [0.2, 0.25) is 0 Å². The number of piperazine rings is 1. The molecule has 26 heavy (non-hydrogen) atoms. The standard InChI is InChI=1S/C20H20N4O2/c25-20-22-17-6-3-7-18(19(17)26-20)24-10-8-23(9-11-24)13-14-12-21-16-5-2-1-4-15(14)16/h1-7,12,21H,8-11,13H2,(H,22,25). The van der Waals surface area contributed by atoms with Gasteiger partial charge in [-0.25, -0.2) is 4.79 Å². The van der Waals surface area contributed by atoms with Crippen molar-refractivity contribution in [2.75, 3.05) is 31.1 Å². The first-order chi connectivity index (χ1) is 12.8. The number of nitrogens with zero attached hydrogens (tertiary/aromatic N) is 2. The molecule has 0 bridgehead atoms. The Hall–Kier alpha value is -2.99. The summed E-state index contributed by atoms with van der Waals surface area (Å²) in [4.78, 5) is 22.4. The fourth-order valence-electron chi connectivity index (χ4n) is 3.86. The van der Waals surface area contributed by atoms with Crippen molar-refractivity contribution in [1.29, 1.82) is 0 Å². The quantitative estimate of drug-likeness (QED) is 0.597. The van der Waals surface area contributed by atoms with Crippen molar-refractivity contribution in [2.45, 2.75) is 6.54 Å². The van der Waals surface area contributed by atoms with E-state index in [0.29, 0.717) is 5.58 Å². The fraction of sp³-hybridized carbons (Fsp3) is 0.250. The summed E-state index contributed by atoms with van der Waals surface area (Å²) in [6.07, 6.45) is 2.12. The second-order valence-corrected chi connectivity index (χ2v) is 6.79. The predicted octanol–water partition coefficient (Wildman–Crippen LogP) is 2.92. The topological polar surface area (TPSA) is 68.3 Å². The van der Waals surface area contributed by atoms with Crippen LogP contribution in [-0.2, 0) is 6.54 Å². The molecule has 4 aromatic rings. The van der Waals surface area contributed by atoms with Gasteiger partial charge in [0.1, 0.15) is 0 Å². The van der Waals surface area contributed by atoms with Gasteiger partial charge in [0.15, 0.2) is 5.58 Å². The van der Waals surface area contributed by atoms with E-state index in [1.807, 2.05) is 18.2 Å². The van der Waals surface area contributed by atoms with Crippen LogP contribution in [0.5, 0.6) is 0 Å². The summed E-state index contributed by atoms with van der Waals surface area (Å²) in [5.74, 6) is -0.398. The number of aromatic amines is 2. The number of anilines is 1. The van der Waals surface area contributed by atoms with Gasteiger partial charge in [0.05, 0.1) is 11.2 Å².